The van der Waals surface area contributed by atoms with E-state index in [0.29, 0.717) is 0 Å². The molecule has 186 valence electrons. The third-order valence-electron chi connectivity index (χ3n) is 8.05. The second-order valence-electron chi connectivity index (χ2n) is 10.2. The monoisotopic (exact) mass is 500 g/mol. The van der Waals surface area contributed by atoms with Crippen LogP contribution in [0.25, 0.3) is 22.4 Å². The Morgan fingerprint density at radius 3 is 1.74 bits per heavy atom. The number of allylic oxidation sites excluding steroid dienone is 1. The van der Waals surface area contributed by atoms with Gasteiger partial charge in [-0.15, -0.1) is 0 Å². The maximum Gasteiger partial charge on any atom is 0.141 e. The molecule has 0 aromatic heterocycles. The first-order chi connectivity index (χ1) is 19.2. The molecule has 7 rings (SSSR count). The van der Waals surface area contributed by atoms with E-state index in [9.17, 15) is 5.11 Å². The molecule has 0 saturated heterocycles. The van der Waals surface area contributed by atoms with Crippen LogP contribution in [0.2, 0.25) is 0 Å². The summed E-state index contributed by atoms with van der Waals surface area (Å²) in [6.45, 7) is 0. The van der Waals surface area contributed by atoms with Crippen molar-refractivity contribution < 1.29 is 5.11 Å². The molecule has 1 unspecified atom stereocenters. The third-order valence-corrected chi connectivity index (χ3v) is 8.05. The molecule has 1 atom stereocenters. The summed E-state index contributed by atoms with van der Waals surface area (Å²) < 4.78 is 0. The van der Waals surface area contributed by atoms with Crippen LogP contribution in [0.4, 0.5) is 0 Å². The van der Waals surface area contributed by atoms with Crippen molar-refractivity contribution in [2.75, 3.05) is 0 Å². The summed E-state index contributed by atoms with van der Waals surface area (Å²) in [4.78, 5) is 0. The van der Waals surface area contributed by atoms with Crippen molar-refractivity contribution in [1.82, 2.24) is 0 Å². The lowest BCUT2D eigenvalue weighted by Gasteiger charge is -2.35. The zero-order valence-electron chi connectivity index (χ0n) is 21.5. The maximum atomic E-state index is 13.1. The van der Waals surface area contributed by atoms with E-state index < -0.39 is 5.60 Å². The van der Waals surface area contributed by atoms with Crippen LogP contribution in [-0.4, -0.2) is 5.11 Å². The van der Waals surface area contributed by atoms with E-state index in [0.717, 1.165) is 33.0 Å². The standard InChI is InChI=1S/C38H28O/c39-38(30-18-6-2-7-19-30,31-20-8-3-9-21-31)37-33-23-13-10-16-28(33)24-25-34(37)36-32-22-12-11-17-29(32)26-35(36)27-14-4-1-5-15-27/h1-26,36,39H. The van der Waals surface area contributed by atoms with Crippen LogP contribution in [0, 0.1) is 0 Å². The van der Waals surface area contributed by atoms with Crippen LogP contribution < -0.4 is 0 Å². The van der Waals surface area contributed by atoms with Crippen molar-refractivity contribution in [1.29, 1.82) is 0 Å². The van der Waals surface area contributed by atoms with Crippen molar-refractivity contribution in [3.8, 4) is 0 Å². The second kappa shape index (κ2) is 9.54. The molecular formula is C38H28O. The van der Waals surface area contributed by atoms with E-state index in [4.69, 9.17) is 0 Å². The lowest BCUT2D eigenvalue weighted by atomic mass is 9.72. The molecule has 1 aliphatic rings. The van der Waals surface area contributed by atoms with Gasteiger partial charge in [0.05, 0.1) is 0 Å². The van der Waals surface area contributed by atoms with Crippen LogP contribution in [-0.2, 0) is 5.60 Å². The smallest absolute Gasteiger partial charge is 0.141 e. The lowest BCUT2D eigenvalue weighted by molar-refractivity contribution is 0.126. The first-order valence-corrected chi connectivity index (χ1v) is 13.5. The Labute approximate surface area is 229 Å². The minimum Gasteiger partial charge on any atom is -0.376 e. The van der Waals surface area contributed by atoms with Gasteiger partial charge in [-0.05, 0) is 55.8 Å². The lowest BCUT2D eigenvalue weighted by Crippen LogP contribution is -2.31. The number of benzene rings is 6. The maximum absolute atomic E-state index is 13.1. The predicted molar refractivity (Wildman–Crippen MR) is 162 cm³/mol. The normalized spacial score (nSPS) is 14.7. The molecule has 0 spiro atoms. The molecule has 0 aliphatic heterocycles. The first kappa shape index (κ1) is 23.4. The van der Waals surface area contributed by atoms with Crippen LogP contribution in [0.15, 0.2) is 152 Å². The Balaban J connectivity index is 1.59. The molecule has 1 heteroatoms. The van der Waals surface area contributed by atoms with Gasteiger partial charge in [0, 0.05) is 11.5 Å². The molecule has 0 bridgehead atoms. The van der Waals surface area contributed by atoms with Crippen molar-refractivity contribution in [2.24, 2.45) is 0 Å². The van der Waals surface area contributed by atoms with Gasteiger partial charge in [0.2, 0.25) is 0 Å². The van der Waals surface area contributed by atoms with Gasteiger partial charge in [0.15, 0.2) is 0 Å². The minimum absolute atomic E-state index is 0.0258. The van der Waals surface area contributed by atoms with Crippen LogP contribution in [0.5, 0.6) is 0 Å². The molecule has 1 N–H and O–H groups in total. The highest BCUT2D eigenvalue weighted by Gasteiger charge is 2.40. The third kappa shape index (κ3) is 3.82. The van der Waals surface area contributed by atoms with Crippen molar-refractivity contribution in [3.63, 3.8) is 0 Å². The van der Waals surface area contributed by atoms with Gasteiger partial charge in [-0.3, -0.25) is 0 Å². The number of hydrogen-bond donors (Lipinski definition) is 1. The van der Waals surface area contributed by atoms with Gasteiger partial charge in [-0.1, -0.05) is 152 Å². The molecule has 1 nitrogen and oxygen atoms in total. The SMILES string of the molecule is OC(c1ccccc1)(c1ccccc1)c1c(C2C(c3ccccc3)=Cc3ccccc32)ccc2ccccc12. The van der Waals surface area contributed by atoms with E-state index in [1.54, 1.807) is 0 Å². The molecule has 6 aromatic carbocycles. The molecular weight excluding hydrogens is 472 g/mol. The molecule has 0 amide bonds. The summed E-state index contributed by atoms with van der Waals surface area (Å²) in [6, 6.07) is 52.3. The summed E-state index contributed by atoms with van der Waals surface area (Å²) in [5.74, 6) is -0.0258. The number of hydrogen-bond acceptors (Lipinski definition) is 1. The molecule has 39 heavy (non-hydrogen) atoms. The molecule has 0 saturated carbocycles. The summed E-state index contributed by atoms with van der Waals surface area (Å²) >= 11 is 0. The summed E-state index contributed by atoms with van der Waals surface area (Å²) in [7, 11) is 0. The van der Waals surface area contributed by atoms with Crippen LogP contribution in [0.1, 0.15) is 44.9 Å². The summed E-state index contributed by atoms with van der Waals surface area (Å²) in [6.07, 6.45) is 2.32. The Bertz CT molecular complexity index is 1760. The predicted octanol–water partition coefficient (Wildman–Crippen LogP) is 8.81. The van der Waals surface area contributed by atoms with E-state index in [2.05, 4.69) is 97.1 Å². The van der Waals surface area contributed by atoms with Gasteiger partial charge in [0.25, 0.3) is 0 Å². The van der Waals surface area contributed by atoms with E-state index >= 15 is 0 Å². The average molecular weight is 501 g/mol. The Morgan fingerprint density at radius 2 is 1.05 bits per heavy atom. The molecule has 6 aromatic rings. The summed E-state index contributed by atoms with van der Waals surface area (Å²) in [5.41, 5.74) is 7.32. The highest BCUT2D eigenvalue weighted by atomic mass is 16.3. The fourth-order valence-electron chi connectivity index (χ4n) is 6.29. The molecule has 1 aliphatic carbocycles. The minimum atomic E-state index is -1.36. The first-order valence-electron chi connectivity index (χ1n) is 13.5. The van der Waals surface area contributed by atoms with Gasteiger partial charge in [-0.25, -0.2) is 0 Å². The average Bonchev–Trinajstić information content (AvgIpc) is 3.41. The highest BCUT2D eigenvalue weighted by molar-refractivity contribution is 5.96. The second-order valence-corrected chi connectivity index (χ2v) is 10.2. The number of rotatable bonds is 5. The Kier molecular flexibility index (Phi) is 5.73. The van der Waals surface area contributed by atoms with Crippen molar-refractivity contribution >= 4 is 22.4 Å². The topological polar surface area (TPSA) is 20.2 Å². The van der Waals surface area contributed by atoms with Gasteiger partial charge in [0.1, 0.15) is 5.60 Å². The Morgan fingerprint density at radius 1 is 0.487 bits per heavy atom. The molecule has 0 heterocycles. The van der Waals surface area contributed by atoms with E-state index in [1.807, 2.05) is 60.7 Å². The zero-order chi connectivity index (χ0) is 26.2. The van der Waals surface area contributed by atoms with Gasteiger partial charge in [-0.2, -0.15) is 0 Å². The van der Waals surface area contributed by atoms with Crippen molar-refractivity contribution in [2.45, 2.75) is 11.5 Å². The molecule has 0 radical (unpaired) electrons. The fourth-order valence-corrected chi connectivity index (χ4v) is 6.29. The van der Waals surface area contributed by atoms with E-state index in [-0.39, 0.29) is 5.92 Å². The summed E-state index contributed by atoms with van der Waals surface area (Å²) in [5, 5.41) is 15.3. The quantitative estimate of drug-likeness (QED) is 0.235. The van der Waals surface area contributed by atoms with Crippen LogP contribution in [0.3, 0.4) is 0 Å². The highest BCUT2D eigenvalue weighted by Crippen LogP contribution is 2.51. The van der Waals surface area contributed by atoms with Gasteiger partial charge < -0.3 is 5.11 Å². The van der Waals surface area contributed by atoms with E-state index in [1.165, 1.54) is 22.3 Å². The zero-order valence-corrected chi connectivity index (χ0v) is 21.5. The molecule has 0 fully saturated rings. The fraction of sp³-hybridized carbons (Fsp3) is 0.0526. The number of fused-ring (bicyclic) bond motifs is 2. The van der Waals surface area contributed by atoms with Gasteiger partial charge >= 0.3 is 0 Å². The number of aliphatic hydroxyl groups is 1. The van der Waals surface area contributed by atoms with Crippen molar-refractivity contribution in [3.05, 3.63) is 191 Å². The van der Waals surface area contributed by atoms with Crippen LogP contribution >= 0.6 is 0 Å². The largest absolute Gasteiger partial charge is 0.376 e. The Hall–Kier alpha value is -4.72.